The number of rotatable bonds is 10. The molecule has 0 unspecified atom stereocenters. The molecule has 4 aliphatic rings. The number of ketones is 1. The number of ether oxygens (including phenoxy) is 5. The van der Waals surface area contributed by atoms with Gasteiger partial charge in [-0.25, -0.2) is 9.59 Å². The fraction of sp³-hybridized carbons (Fsp3) is 0.447. The molecule has 7 rings (SSSR count). The maximum Gasteiger partial charge on any atom is 0.338 e. The lowest BCUT2D eigenvalue weighted by Crippen LogP contribution is -2.82. The Morgan fingerprint density at radius 2 is 1.44 bits per heavy atom. The van der Waals surface area contributed by atoms with Gasteiger partial charge in [0, 0.05) is 37.7 Å². The lowest BCUT2D eigenvalue weighted by atomic mass is 9.44. The number of Topliss-reactive ketones (excluding diaryl/α,β-unsaturated/α-hetero) is 1. The van der Waals surface area contributed by atoms with Gasteiger partial charge >= 0.3 is 23.9 Å². The number of esters is 4. The molecule has 0 aromatic heterocycles. The van der Waals surface area contributed by atoms with E-state index in [4.69, 9.17) is 23.7 Å². The van der Waals surface area contributed by atoms with Crippen LogP contribution in [0.25, 0.3) is 0 Å². The third-order valence-corrected chi connectivity index (χ3v) is 13.6. The van der Waals surface area contributed by atoms with E-state index in [0.29, 0.717) is 0 Å². The number of phenolic OH excluding ortho intramolecular Hbond substituents is 1. The average Bonchev–Trinajstić information content (AvgIpc) is 3.24. The number of hydrogen-bond acceptors (Lipinski definition) is 15. The van der Waals surface area contributed by atoms with Crippen LogP contribution in [-0.2, 0) is 42.9 Å². The SMILES string of the molecule is CC(=O)O[C@H]1C(=O)[C@@]2(C)[C@H]([C@H](OC(=O)c3ccccc3)[C@]3(O)C[C@H](OC(=O)[C@H](O)[C@@H](NC(=O)c4ccccc4)c4ccc(O)cc4)C(C)=C1C3(C)C)[C@]1(OC(C)=O)CO[C@@H]1C[C@@H]2O. The monoisotopic (exact) mass is 869 g/mol. The molecule has 1 amide bonds. The molecule has 3 aromatic carbocycles. The van der Waals surface area contributed by atoms with Gasteiger partial charge in [0.2, 0.25) is 0 Å². The second-order valence-corrected chi connectivity index (χ2v) is 17.5. The van der Waals surface area contributed by atoms with Gasteiger partial charge < -0.3 is 49.4 Å². The third-order valence-electron chi connectivity index (χ3n) is 13.6. The zero-order valence-electron chi connectivity index (χ0n) is 35.6. The van der Waals surface area contributed by atoms with Crippen molar-refractivity contribution < 1.29 is 72.9 Å². The van der Waals surface area contributed by atoms with Crippen molar-refractivity contribution in [2.45, 2.75) is 108 Å². The van der Waals surface area contributed by atoms with Crippen LogP contribution in [0.2, 0.25) is 0 Å². The van der Waals surface area contributed by atoms with E-state index in [2.05, 4.69) is 5.32 Å². The number of carbonyl (C=O) groups is 6. The number of phenols is 1. The second-order valence-electron chi connectivity index (χ2n) is 17.5. The van der Waals surface area contributed by atoms with Crippen LogP contribution in [0.1, 0.15) is 86.7 Å². The van der Waals surface area contributed by atoms with Crippen molar-refractivity contribution in [3.05, 3.63) is 113 Å². The number of fused-ring (bicyclic) bond motifs is 5. The van der Waals surface area contributed by atoms with Gasteiger partial charge in [0.25, 0.3) is 5.91 Å². The highest BCUT2D eigenvalue weighted by molar-refractivity contribution is 5.96. The molecule has 334 valence electrons. The van der Waals surface area contributed by atoms with Gasteiger partial charge in [-0.2, -0.15) is 0 Å². The zero-order valence-corrected chi connectivity index (χ0v) is 35.6. The molecule has 2 saturated carbocycles. The predicted octanol–water partition coefficient (Wildman–Crippen LogP) is 3.44. The molecule has 11 atom stereocenters. The predicted molar refractivity (Wildman–Crippen MR) is 219 cm³/mol. The Balaban J connectivity index is 1.39. The first-order chi connectivity index (χ1) is 29.7. The number of aromatic hydroxyl groups is 1. The lowest BCUT2D eigenvalue weighted by Gasteiger charge is -2.67. The fourth-order valence-electron chi connectivity index (χ4n) is 10.2. The van der Waals surface area contributed by atoms with E-state index >= 15 is 4.79 Å². The summed E-state index contributed by atoms with van der Waals surface area (Å²) in [6, 6.07) is 19.7. The molecule has 0 spiro atoms. The Morgan fingerprint density at radius 3 is 2.00 bits per heavy atom. The third kappa shape index (κ3) is 7.58. The number of benzene rings is 3. The molecular formula is C47H51NO15. The first kappa shape index (κ1) is 45.1. The van der Waals surface area contributed by atoms with Gasteiger partial charge in [-0.3, -0.25) is 19.2 Å². The van der Waals surface area contributed by atoms with Crippen LogP contribution in [0.3, 0.4) is 0 Å². The second kappa shape index (κ2) is 16.6. The molecule has 0 radical (unpaired) electrons. The Bertz CT molecular complexity index is 2330. The maximum atomic E-state index is 15.5. The van der Waals surface area contributed by atoms with Crippen LogP contribution in [0, 0.1) is 16.7 Å². The summed E-state index contributed by atoms with van der Waals surface area (Å²) < 4.78 is 30.2. The summed E-state index contributed by atoms with van der Waals surface area (Å²) in [6.07, 6.45) is -10.8. The number of aliphatic hydroxyl groups excluding tert-OH is 2. The first-order valence-electron chi connectivity index (χ1n) is 20.6. The minimum atomic E-state index is -2.42. The Kier molecular flexibility index (Phi) is 11.9. The topological polar surface area (TPSA) is 242 Å². The minimum absolute atomic E-state index is 0.0302. The summed E-state index contributed by atoms with van der Waals surface area (Å²) in [4.78, 5) is 83.5. The summed E-state index contributed by atoms with van der Waals surface area (Å²) >= 11 is 0. The van der Waals surface area contributed by atoms with Gasteiger partial charge in [-0.05, 0) is 67.0 Å². The van der Waals surface area contributed by atoms with Gasteiger partial charge in [0.05, 0.1) is 35.6 Å². The van der Waals surface area contributed by atoms with E-state index in [0.717, 1.165) is 13.8 Å². The molecule has 1 saturated heterocycles. The summed E-state index contributed by atoms with van der Waals surface area (Å²) in [7, 11) is 0. The van der Waals surface area contributed by atoms with Crippen molar-refractivity contribution in [1.82, 2.24) is 5.32 Å². The van der Waals surface area contributed by atoms with Crippen molar-refractivity contribution in [1.29, 1.82) is 0 Å². The van der Waals surface area contributed by atoms with Crippen LogP contribution in [-0.4, -0.2) is 110 Å². The highest BCUT2D eigenvalue weighted by Crippen LogP contribution is 2.64. The first-order valence-corrected chi connectivity index (χ1v) is 20.6. The Morgan fingerprint density at radius 1 is 0.841 bits per heavy atom. The standard InChI is InChI=1S/C47H51NO15/c1-24-31(61-43(57)36(53)35(27-17-19-30(51)20-18-27)48-41(55)28-13-9-7-10-14-28)22-47(58)40(62-42(56)29-15-11-8-12-16-29)38-45(6,32(52)21-33-46(38,23-59-33)63-26(3)50)39(54)37(60-25(2)49)34(24)44(47,4)5/h7-20,31-33,35-38,40,51-53,58H,21-23H2,1-6H3,(H,48,55)/t31-,32-,33+,35-,36+,37+,38-,40-,45+,46-,47+/m0/s1. The van der Waals surface area contributed by atoms with Crippen LogP contribution in [0.4, 0.5) is 0 Å². The minimum Gasteiger partial charge on any atom is -0.508 e. The van der Waals surface area contributed by atoms with Crippen molar-refractivity contribution in [2.75, 3.05) is 6.61 Å². The molecule has 3 aliphatic carbocycles. The van der Waals surface area contributed by atoms with Crippen molar-refractivity contribution in [3.63, 3.8) is 0 Å². The normalized spacial score (nSPS) is 31.5. The van der Waals surface area contributed by atoms with Gasteiger partial charge in [0.15, 0.2) is 23.6 Å². The maximum absolute atomic E-state index is 15.5. The summed E-state index contributed by atoms with van der Waals surface area (Å²) in [5, 5.41) is 50.2. The van der Waals surface area contributed by atoms with E-state index in [1.54, 1.807) is 50.2 Å². The molecule has 16 heteroatoms. The van der Waals surface area contributed by atoms with Crippen LogP contribution in [0.15, 0.2) is 96.1 Å². The van der Waals surface area contributed by atoms with Crippen molar-refractivity contribution in [3.8, 4) is 5.75 Å². The van der Waals surface area contributed by atoms with Crippen LogP contribution < -0.4 is 5.32 Å². The molecule has 1 heterocycles. The molecule has 63 heavy (non-hydrogen) atoms. The largest absolute Gasteiger partial charge is 0.508 e. The van der Waals surface area contributed by atoms with Crippen molar-refractivity contribution >= 4 is 35.6 Å². The summed E-state index contributed by atoms with van der Waals surface area (Å²) in [5.41, 5.74) is -7.39. The Labute approximate surface area is 363 Å². The molecule has 1 aliphatic heterocycles. The van der Waals surface area contributed by atoms with E-state index < -0.39 is 113 Å². The van der Waals surface area contributed by atoms with Gasteiger partial charge in [-0.15, -0.1) is 0 Å². The van der Waals surface area contributed by atoms with E-state index in [1.807, 2.05) is 0 Å². The van der Waals surface area contributed by atoms with Gasteiger partial charge in [-0.1, -0.05) is 62.4 Å². The van der Waals surface area contributed by atoms with Crippen LogP contribution in [0.5, 0.6) is 5.75 Å². The molecule has 2 bridgehead atoms. The fourth-order valence-corrected chi connectivity index (χ4v) is 10.2. The van der Waals surface area contributed by atoms with E-state index in [9.17, 15) is 44.4 Å². The zero-order chi connectivity index (χ0) is 45.8. The number of hydrogen-bond donors (Lipinski definition) is 5. The van der Waals surface area contributed by atoms with E-state index in [-0.39, 0.29) is 46.6 Å². The molecule has 3 aromatic rings. The Hall–Kier alpha value is -5.94. The number of nitrogens with one attached hydrogen (secondary N) is 1. The van der Waals surface area contributed by atoms with Crippen molar-refractivity contribution in [2.24, 2.45) is 16.7 Å². The number of aliphatic hydroxyl groups is 3. The summed E-state index contributed by atoms with van der Waals surface area (Å²) in [6.45, 7) is 7.86. The quantitative estimate of drug-likeness (QED) is 0.111. The smallest absolute Gasteiger partial charge is 0.338 e. The van der Waals surface area contributed by atoms with Crippen LogP contribution >= 0.6 is 0 Å². The van der Waals surface area contributed by atoms with Gasteiger partial charge in [0.1, 0.15) is 29.7 Å². The lowest BCUT2D eigenvalue weighted by molar-refractivity contribution is -0.346. The molecule has 16 nitrogen and oxygen atoms in total. The van der Waals surface area contributed by atoms with E-state index in [1.165, 1.54) is 62.4 Å². The average molecular weight is 870 g/mol. The number of amides is 1. The molecule has 3 fully saturated rings. The number of carbonyl (C=O) groups excluding carboxylic acids is 6. The molecular weight excluding hydrogens is 819 g/mol. The highest BCUT2D eigenvalue weighted by Gasteiger charge is 2.78. The summed E-state index contributed by atoms with van der Waals surface area (Å²) in [5.74, 6) is -7.18. The highest BCUT2D eigenvalue weighted by atomic mass is 16.6. The molecule has 5 N–H and O–H groups in total.